The van der Waals surface area contributed by atoms with Gasteiger partial charge in [-0.15, -0.1) is 0 Å². The van der Waals surface area contributed by atoms with E-state index in [0.717, 1.165) is 12.0 Å². The van der Waals surface area contributed by atoms with Gasteiger partial charge in [0.1, 0.15) is 0 Å². The summed E-state index contributed by atoms with van der Waals surface area (Å²) in [5, 5.41) is 8.64. The number of aliphatic carboxylic acids is 1. The van der Waals surface area contributed by atoms with Crippen LogP contribution in [0, 0.1) is 5.92 Å². The van der Waals surface area contributed by atoms with Crippen LogP contribution in [0.15, 0.2) is 11.1 Å². The van der Waals surface area contributed by atoms with Gasteiger partial charge in [-0.25, -0.2) is 4.79 Å². The van der Waals surface area contributed by atoms with Crippen LogP contribution in [0.25, 0.3) is 0 Å². The highest BCUT2D eigenvalue weighted by Crippen LogP contribution is 2.17. The monoisotopic (exact) mass is 156 g/mol. The van der Waals surface area contributed by atoms with Gasteiger partial charge in [0.15, 0.2) is 0 Å². The molecule has 2 nitrogen and oxygen atoms in total. The molecule has 11 heavy (non-hydrogen) atoms. The largest absolute Gasteiger partial charge is 0.478 e. The standard InChI is InChI=1S/C9H16O2/c1-5-6(2)7(3)8(4)9(10)11/h6H,5H2,1-4H3,(H,10,11). The maximum Gasteiger partial charge on any atom is 0.331 e. The summed E-state index contributed by atoms with van der Waals surface area (Å²) < 4.78 is 0. The lowest BCUT2D eigenvalue weighted by molar-refractivity contribution is -0.132. The van der Waals surface area contributed by atoms with Gasteiger partial charge in [0.05, 0.1) is 0 Å². The predicted molar refractivity (Wildman–Crippen MR) is 45.5 cm³/mol. The van der Waals surface area contributed by atoms with Crippen LogP contribution in [-0.4, -0.2) is 11.1 Å². The van der Waals surface area contributed by atoms with Gasteiger partial charge in [-0.2, -0.15) is 0 Å². The van der Waals surface area contributed by atoms with E-state index in [0.29, 0.717) is 11.5 Å². The molecule has 1 unspecified atom stereocenters. The molecule has 0 aliphatic rings. The Kier molecular flexibility index (Phi) is 3.86. The molecule has 0 aromatic heterocycles. The fraction of sp³-hybridized carbons (Fsp3) is 0.667. The molecule has 0 saturated carbocycles. The van der Waals surface area contributed by atoms with Gasteiger partial charge in [-0.1, -0.05) is 19.4 Å². The van der Waals surface area contributed by atoms with Crippen molar-refractivity contribution in [2.75, 3.05) is 0 Å². The summed E-state index contributed by atoms with van der Waals surface area (Å²) in [6.45, 7) is 7.65. The highest BCUT2D eigenvalue weighted by molar-refractivity contribution is 5.86. The number of allylic oxidation sites excluding steroid dienone is 1. The van der Waals surface area contributed by atoms with E-state index in [1.165, 1.54) is 0 Å². The average Bonchev–Trinajstić information content (AvgIpc) is 2.00. The third kappa shape index (κ3) is 2.74. The molecule has 1 atom stereocenters. The molecule has 0 spiro atoms. The smallest absolute Gasteiger partial charge is 0.331 e. The first-order valence-corrected chi connectivity index (χ1v) is 3.91. The molecular formula is C9H16O2. The van der Waals surface area contributed by atoms with E-state index in [1.807, 2.05) is 13.8 Å². The number of rotatable bonds is 3. The Balaban J connectivity index is 4.51. The third-order valence-corrected chi connectivity index (χ3v) is 2.26. The molecule has 0 rings (SSSR count). The molecule has 0 bridgehead atoms. The fourth-order valence-electron chi connectivity index (χ4n) is 0.844. The first kappa shape index (κ1) is 10.2. The van der Waals surface area contributed by atoms with Crippen LogP contribution in [0.2, 0.25) is 0 Å². The van der Waals surface area contributed by atoms with Crippen molar-refractivity contribution in [3.05, 3.63) is 11.1 Å². The molecule has 0 aromatic rings. The minimum Gasteiger partial charge on any atom is -0.478 e. The average molecular weight is 156 g/mol. The minimum absolute atomic E-state index is 0.381. The van der Waals surface area contributed by atoms with Crippen LogP contribution >= 0.6 is 0 Å². The lowest BCUT2D eigenvalue weighted by Gasteiger charge is -2.10. The Bertz CT molecular complexity index is 180. The van der Waals surface area contributed by atoms with Gasteiger partial charge in [0.25, 0.3) is 0 Å². The molecule has 1 N–H and O–H groups in total. The van der Waals surface area contributed by atoms with E-state index in [1.54, 1.807) is 6.92 Å². The van der Waals surface area contributed by atoms with E-state index < -0.39 is 5.97 Å². The van der Waals surface area contributed by atoms with Crippen LogP contribution in [0.4, 0.5) is 0 Å². The van der Waals surface area contributed by atoms with Crippen molar-refractivity contribution < 1.29 is 9.90 Å². The normalized spacial score (nSPS) is 15.6. The lowest BCUT2D eigenvalue weighted by atomic mass is 9.96. The summed E-state index contributed by atoms with van der Waals surface area (Å²) in [5.41, 5.74) is 1.47. The maximum atomic E-state index is 10.5. The summed E-state index contributed by atoms with van der Waals surface area (Å²) in [5.74, 6) is -0.422. The Labute approximate surface area is 67.9 Å². The molecule has 0 fully saturated rings. The van der Waals surface area contributed by atoms with Gasteiger partial charge in [-0.3, -0.25) is 0 Å². The maximum absolute atomic E-state index is 10.5. The van der Waals surface area contributed by atoms with E-state index in [4.69, 9.17) is 5.11 Å². The predicted octanol–water partition coefficient (Wildman–Crippen LogP) is 2.45. The molecule has 0 radical (unpaired) electrons. The van der Waals surface area contributed by atoms with Gasteiger partial charge in [0, 0.05) is 5.57 Å². The lowest BCUT2D eigenvalue weighted by Crippen LogP contribution is -2.04. The first-order chi connectivity index (χ1) is 5.00. The van der Waals surface area contributed by atoms with Crippen molar-refractivity contribution in [3.63, 3.8) is 0 Å². The zero-order chi connectivity index (χ0) is 9.02. The summed E-state index contributed by atoms with van der Waals surface area (Å²) >= 11 is 0. The van der Waals surface area contributed by atoms with E-state index in [9.17, 15) is 4.79 Å². The Morgan fingerprint density at radius 1 is 1.45 bits per heavy atom. The van der Waals surface area contributed by atoms with Crippen LogP contribution in [0.1, 0.15) is 34.1 Å². The van der Waals surface area contributed by atoms with E-state index >= 15 is 0 Å². The SMILES string of the molecule is CCC(C)C(C)=C(C)C(=O)O. The topological polar surface area (TPSA) is 37.3 Å². The summed E-state index contributed by atoms with van der Waals surface area (Å²) in [7, 11) is 0. The van der Waals surface area contributed by atoms with Crippen LogP contribution in [-0.2, 0) is 4.79 Å². The number of hydrogen-bond acceptors (Lipinski definition) is 1. The van der Waals surface area contributed by atoms with Crippen molar-refractivity contribution in [1.82, 2.24) is 0 Å². The van der Waals surface area contributed by atoms with E-state index in [2.05, 4.69) is 6.92 Å². The van der Waals surface area contributed by atoms with Crippen LogP contribution in [0.5, 0.6) is 0 Å². The fourth-order valence-corrected chi connectivity index (χ4v) is 0.844. The number of carboxylic acids is 1. The van der Waals surface area contributed by atoms with E-state index in [-0.39, 0.29) is 0 Å². The molecule has 0 saturated heterocycles. The summed E-state index contributed by atoms with van der Waals surface area (Å²) in [6.07, 6.45) is 0.996. The minimum atomic E-state index is -0.803. The van der Waals surface area contributed by atoms with Crippen molar-refractivity contribution in [2.24, 2.45) is 5.92 Å². The van der Waals surface area contributed by atoms with Gasteiger partial charge in [-0.05, 0) is 26.2 Å². The Hall–Kier alpha value is -0.790. The van der Waals surface area contributed by atoms with Crippen LogP contribution in [0.3, 0.4) is 0 Å². The second-order valence-corrected chi connectivity index (χ2v) is 2.92. The van der Waals surface area contributed by atoms with Crippen molar-refractivity contribution in [3.8, 4) is 0 Å². The first-order valence-electron chi connectivity index (χ1n) is 3.91. The molecule has 0 aliphatic carbocycles. The second kappa shape index (κ2) is 4.16. The quantitative estimate of drug-likeness (QED) is 0.637. The Morgan fingerprint density at radius 2 is 1.91 bits per heavy atom. The van der Waals surface area contributed by atoms with Gasteiger partial charge >= 0.3 is 5.97 Å². The molecule has 2 heteroatoms. The molecule has 0 heterocycles. The number of carbonyl (C=O) groups is 1. The van der Waals surface area contributed by atoms with Gasteiger partial charge in [0.2, 0.25) is 0 Å². The molecule has 0 aromatic carbocycles. The van der Waals surface area contributed by atoms with Crippen LogP contribution < -0.4 is 0 Å². The number of carboxylic acid groups (broad SMARTS) is 1. The molecule has 0 amide bonds. The summed E-state index contributed by atoms with van der Waals surface area (Å²) in [6, 6.07) is 0. The van der Waals surface area contributed by atoms with Gasteiger partial charge < -0.3 is 5.11 Å². The highest BCUT2D eigenvalue weighted by atomic mass is 16.4. The zero-order valence-corrected chi connectivity index (χ0v) is 7.64. The molecule has 64 valence electrons. The van der Waals surface area contributed by atoms with Crippen molar-refractivity contribution in [1.29, 1.82) is 0 Å². The Morgan fingerprint density at radius 3 is 2.18 bits per heavy atom. The summed E-state index contributed by atoms with van der Waals surface area (Å²) in [4.78, 5) is 10.5. The molecular weight excluding hydrogens is 140 g/mol. The second-order valence-electron chi connectivity index (χ2n) is 2.92. The molecule has 0 aliphatic heterocycles. The highest BCUT2D eigenvalue weighted by Gasteiger charge is 2.09. The number of hydrogen-bond donors (Lipinski definition) is 1. The zero-order valence-electron chi connectivity index (χ0n) is 7.64. The van der Waals surface area contributed by atoms with Crippen molar-refractivity contribution >= 4 is 5.97 Å². The third-order valence-electron chi connectivity index (χ3n) is 2.26. The van der Waals surface area contributed by atoms with Crippen molar-refractivity contribution in [2.45, 2.75) is 34.1 Å².